The Morgan fingerprint density at radius 1 is 0.731 bits per heavy atom. The van der Waals surface area contributed by atoms with Gasteiger partial charge in [-0.3, -0.25) is 24.0 Å². The minimum atomic E-state index is -1.53. The van der Waals surface area contributed by atoms with E-state index in [-0.39, 0.29) is 36.0 Å². The van der Waals surface area contributed by atoms with Crippen LogP contribution in [0.5, 0.6) is 0 Å². The number of nitrogens with one attached hydrogen (secondary N) is 2. The quantitative estimate of drug-likeness (QED) is 0.510. The van der Waals surface area contributed by atoms with Crippen molar-refractivity contribution in [2.75, 3.05) is 6.67 Å². The zero-order valence-corrected chi connectivity index (χ0v) is 16.9. The van der Waals surface area contributed by atoms with Crippen molar-refractivity contribution in [2.24, 2.45) is 11.8 Å². The summed E-state index contributed by atoms with van der Waals surface area (Å²) in [6.45, 7) is 11.6. The summed E-state index contributed by atoms with van der Waals surface area (Å²) in [6, 6.07) is 0. The molecule has 26 heavy (non-hydrogen) atoms. The molecule has 0 bridgehead atoms. The molecule has 8 heteroatoms. The molecule has 1 unspecified atom stereocenters. The number of hydrogen-bond acceptors (Lipinski definition) is 6. The topological polar surface area (TPSA) is 126 Å². The highest BCUT2D eigenvalue weighted by Crippen LogP contribution is 2.02. The fraction of sp³-hybridized carbons (Fsp3) is 0.667. The molecule has 0 aromatic carbocycles. The molecule has 0 saturated carbocycles. The van der Waals surface area contributed by atoms with E-state index in [4.69, 9.17) is 1.37 Å². The Labute approximate surface area is 156 Å². The number of Topliss-reactive ketones (excluding diaryl/α,β-unsaturated/α-hetero) is 4. The smallest absolute Gasteiger partial charge is 0.218 e. The minimum absolute atomic E-state index is 0.0812. The zero-order chi connectivity index (χ0) is 22.4. The maximum absolute atomic E-state index is 10.5. The normalized spacial score (nSPS) is 11.2. The molecule has 0 spiro atoms. The summed E-state index contributed by atoms with van der Waals surface area (Å²) in [7, 11) is 0. The fourth-order valence-corrected chi connectivity index (χ4v) is 1.12. The van der Waals surface area contributed by atoms with Gasteiger partial charge in [0, 0.05) is 27.6 Å². The third kappa shape index (κ3) is 23.9. The first kappa shape index (κ1) is 25.9. The van der Waals surface area contributed by atoms with Crippen molar-refractivity contribution in [1.29, 1.82) is 0 Å². The van der Waals surface area contributed by atoms with Crippen LogP contribution in [-0.2, 0) is 28.8 Å². The largest absolute Gasteiger partial charge is 0.339 e. The number of ketones is 4. The van der Waals surface area contributed by atoms with Crippen LogP contribution in [0.1, 0.15) is 63.2 Å². The van der Waals surface area contributed by atoms with Gasteiger partial charge in [0.25, 0.3) is 0 Å². The lowest BCUT2D eigenvalue weighted by molar-refractivity contribution is -0.129. The Morgan fingerprint density at radius 3 is 1.19 bits per heavy atom. The summed E-state index contributed by atoms with van der Waals surface area (Å²) >= 11 is 0. The summed E-state index contributed by atoms with van der Waals surface area (Å²) in [6.07, 6.45) is 0.384. The molecule has 2 N–H and O–H groups in total. The molecular weight excluding hydrogens is 340 g/mol. The average molecular weight is 373 g/mol. The van der Waals surface area contributed by atoms with Crippen LogP contribution in [0.25, 0.3) is 0 Å². The van der Waals surface area contributed by atoms with Crippen LogP contribution in [0.3, 0.4) is 0 Å². The van der Waals surface area contributed by atoms with Crippen LogP contribution in [0.2, 0.25) is 0 Å². The van der Waals surface area contributed by atoms with Crippen molar-refractivity contribution in [1.82, 2.24) is 10.6 Å². The Kier molecular flexibility index (Phi) is 16.0. The molecule has 2 amide bonds. The van der Waals surface area contributed by atoms with Gasteiger partial charge in [0.05, 0.1) is 12.6 Å². The van der Waals surface area contributed by atoms with E-state index in [0.717, 1.165) is 0 Å². The van der Waals surface area contributed by atoms with Crippen molar-refractivity contribution in [3.8, 4) is 0 Å². The lowest BCUT2D eigenvalue weighted by atomic mass is 10.0. The molecule has 0 aromatic rings. The van der Waals surface area contributed by atoms with Crippen molar-refractivity contribution >= 4 is 34.9 Å². The highest BCUT2D eigenvalue weighted by molar-refractivity contribution is 5.99. The van der Waals surface area contributed by atoms with Crippen LogP contribution < -0.4 is 10.6 Å². The standard InChI is InChI=1S/C7H12O2.C6H10O2.C5H10N2O2/c1-5(7(3)9)4-6(2)8;1-4(5(2)7)6(3)8;1-4(8)6-3-7-5(2)9/h5H,4H2,1-3H3;4H,1-3H3;3H2,1-2H3,(H,6,8)(H,7,9)/i;4D;. The van der Waals surface area contributed by atoms with Crippen LogP contribution in [0.15, 0.2) is 0 Å². The molecule has 0 fully saturated rings. The summed E-state index contributed by atoms with van der Waals surface area (Å²) in [5.41, 5.74) is 0. The first-order chi connectivity index (χ1) is 12.0. The molecule has 0 aromatic heterocycles. The number of carbonyl (C=O) groups excluding carboxylic acids is 6. The number of rotatable bonds is 7. The Hall–Kier alpha value is -2.38. The van der Waals surface area contributed by atoms with E-state index in [1.165, 1.54) is 48.5 Å². The highest BCUT2D eigenvalue weighted by Gasteiger charge is 2.11. The summed E-state index contributed by atoms with van der Waals surface area (Å²) in [4.78, 5) is 62.3. The summed E-state index contributed by atoms with van der Waals surface area (Å²) < 4.78 is 7.14. The zero-order valence-electron chi connectivity index (χ0n) is 17.9. The molecular formula is C18H32N2O6. The second-order valence-electron chi connectivity index (χ2n) is 5.80. The first-order valence-electron chi connectivity index (χ1n) is 8.56. The molecule has 0 saturated heterocycles. The fourth-order valence-electron chi connectivity index (χ4n) is 1.12. The van der Waals surface area contributed by atoms with Gasteiger partial charge in [-0.05, 0) is 34.6 Å². The van der Waals surface area contributed by atoms with E-state index in [9.17, 15) is 28.8 Å². The molecule has 1 atom stereocenters. The number of carbonyl (C=O) groups is 6. The van der Waals surface area contributed by atoms with E-state index >= 15 is 0 Å². The molecule has 0 aliphatic heterocycles. The third-order valence-electron chi connectivity index (χ3n) is 3.02. The number of amides is 2. The summed E-state index contributed by atoms with van der Waals surface area (Å²) in [5, 5.41) is 4.81. The van der Waals surface area contributed by atoms with Gasteiger partial charge in [-0.2, -0.15) is 0 Å². The Bertz CT molecular complexity index is 528. The van der Waals surface area contributed by atoms with Gasteiger partial charge in [-0.15, -0.1) is 0 Å². The van der Waals surface area contributed by atoms with Gasteiger partial charge >= 0.3 is 0 Å². The first-order valence-corrected chi connectivity index (χ1v) is 8.06. The predicted octanol–water partition coefficient (Wildman–Crippen LogP) is 1.21. The van der Waals surface area contributed by atoms with Crippen LogP contribution in [0, 0.1) is 11.8 Å². The molecule has 0 rings (SSSR count). The lowest BCUT2D eigenvalue weighted by Gasteiger charge is -2.01. The van der Waals surface area contributed by atoms with E-state index in [1.54, 1.807) is 6.92 Å². The van der Waals surface area contributed by atoms with Gasteiger partial charge in [0.2, 0.25) is 11.8 Å². The Balaban J connectivity index is -0.000000320. The SMILES string of the molecule is CC(=O)CC(C)C(C)=O.CC(=O)NCNC(C)=O.[2H]C(C)(C(C)=O)C(C)=O. The van der Waals surface area contributed by atoms with E-state index in [2.05, 4.69) is 10.6 Å². The predicted molar refractivity (Wildman–Crippen MR) is 98.2 cm³/mol. The van der Waals surface area contributed by atoms with Gasteiger partial charge in [-0.25, -0.2) is 0 Å². The Morgan fingerprint density at radius 2 is 1.08 bits per heavy atom. The van der Waals surface area contributed by atoms with Crippen molar-refractivity contribution in [2.45, 2.75) is 61.8 Å². The third-order valence-corrected chi connectivity index (χ3v) is 3.02. The number of hydrogen-bond donors (Lipinski definition) is 2. The van der Waals surface area contributed by atoms with E-state index in [1.807, 2.05) is 0 Å². The van der Waals surface area contributed by atoms with Crippen LogP contribution >= 0.6 is 0 Å². The summed E-state index contributed by atoms with van der Waals surface area (Å²) in [5.74, 6) is -2.57. The maximum atomic E-state index is 10.5. The molecule has 0 aliphatic rings. The maximum Gasteiger partial charge on any atom is 0.218 e. The van der Waals surface area contributed by atoms with E-state index in [0.29, 0.717) is 6.42 Å². The van der Waals surface area contributed by atoms with Crippen molar-refractivity contribution < 1.29 is 30.1 Å². The average Bonchev–Trinajstić information content (AvgIpc) is 2.46. The van der Waals surface area contributed by atoms with Gasteiger partial charge < -0.3 is 15.4 Å². The van der Waals surface area contributed by atoms with Crippen LogP contribution in [-0.4, -0.2) is 41.6 Å². The van der Waals surface area contributed by atoms with Crippen molar-refractivity contribution in [3.05, 3.63) is 0 Å². The molecule has 150 valence electrons. The molecule has 0 heterocycles. The lowest BCUT2D eigenvalue weighted by Crippen LogP contribution is -2.34. The second kappa shape index (κ2) is 16.1. The molecule has 0 aliphatic carbocycles. The van der Waals surface area contributed by atoms with Crippen LogP contribution in [0.4, 0.5) is 0 Å². The van der Waals surface area contributed by atoms with Gasteiger partial charge in [0.1, 0.15) is 23.1 Å². The molecule has 8 nitrogen and oxygen atoms in total. The molecule has 0 radical (unpaired) electrons. The highest BCUT2D eigenvalue weighted by atomic mass is 16.2. The van der Waals surface area contributed by atoms with Crippen molar-refractivity contribution in [3.63, 3.8) is 0 Å². The monoisotopic (exact) mass is 373 g/mol. The van der Waals surface area contributed by atoms with E-state index < -0.39 is 17.5 Å². The van der Waals surface area contributed by atoms with Gasteiger partial charge in [0.15, 0.2) is 0 Å². The second-order valence-corrected chi connectivity index (χ2v) is 5.80. The van der Waals surface area contributed by atoms with Gasteiger partial charge in [-0.1, -0.05) is 6.92 Å². The minimum Gasteiger partial charge on any atom is -0.339 e.